The van der Waals surface area contributed by atoms with Crippen LogP contribution < -0.4 is 5.69 Å². The molecule has 10 heavy (non-hydrogen) atoms. The van der Waals surface area contributed by atoms with Crippen LogP contribution in [0.4, 0.5) is 8.78 Å². The predicted octanol–water partition coefficient (Wildman–Crippen LogP) is -0.0231. The van der Waals surface area contributed by atoms with Crippen LogP contribution in [-0.4, -0.2) is 14.3 Å². The molecule has 0 saturated carbocycles. The van der Waals surface area contributed by atoms with Gasteiger partial charge in [0.1, 0.15) is 6.33 Å². The number of hydrogen-bond donors (Lipinski definition) is 0. The summed E-state index contributed by atoms with van der Waals surface area (Å²) < 4.78 is 24.5. The molecule has 0 aliphatic rings. The first-order valence-electron chi connectivity index (χ1n) is 2.51. The zero-order valence-electron chi connectivity index (χ0n) is 5.16. The van der Waals surface area contributed by atoms with Gasteiger partial charge in [-0.1, -0.05) is 0 Å². The fourth-order valence-electron chi connectivity index (χ4n) is 0.527. The number of hydrogen-bond acceptors (Lipinski definition) is 2. The Bertz CT molecular complexity index is 276. The Morgan fingerprint density at radius 1 is 1.70 bits per heavy atom. The van der Waals surface area contributed by atoms with Gasteiger partial charge in [0.05, 0.1) is 0 Å². The molecule has 1 aromatic rings. The van der Waals surface area contributed by atoms with Gasteiger partial charge in [-0.05, 0) is 0 Å². The van der Waals surface area contributed by atoms with Crippen LogP contribution in [-0.2, 0) is 7.05 Å². The molecule has 0 N–H and O–H groups in total. The fraction of sp³-hybridized carbons (Fsp3) is 0.500. The Kier molecular flexibility index (Phi) is 1.52. The smallest absolute Gasteiger partial charge is 0.285 e. The van der Waals surface area contributed by atoms with Crippen LogP contribution in [0.15, 0.2) is 11.1 Å². The van der Waals surface area contributed by atoms with Gasteiger partial charge in [-0.15, -0.1) is 0 Å². The topological polar surface area (TPSA) is 39.8 Å². The maximum Gasteiger partial charge on any atom is 0.350 e. The van der Waals surface area contributed by atoms with Gasteiger partial charge in [-0.3, -0.25) is 4.57 Å². The Hall–Kier alpha value is -1.20. The van der Waals surface area contributed by atoms with E-state index in [2.05, 4.69) is 5.10 Å². The van der Waals surface area contributed by atoms with Crippen molar-refractivity contribution in [1.29, 1.82) is 0 Å². The Balaban J connectivity index is 3.18. The second-order valence-corrected chi connectivity index (χ2v) is 1.75. The molecule has 0 amide bonds. The van der Waals surface area contributed by atoms with Gasteiger partial charge in [-0.2, -0.15) is 18.6 Å². The quantitative estimate of drug-likeness (QED) is 0.562. The zero-order chi connectivity index (χ0) is 7.72. The molecule has 0 atom stereocenters. The lowest BCUT2D eigenvalue weighted by atomic mass is 11.0. The minimum Gasteiger partial charge on any atom is -0.285 e. The van der Waals surface area contributed by atoms with Crippen molar-refractivity contribution < 1.29 is 8.78 Å². The third-order valence-corrected chi connectivity index (χ3v) is 1.03. The van der Waals surface area contributed by atoms with E-state index in [1.54, 1.807) is 0 Å². The van der Waals surface area contributed by atoms with Crippen LogP contribution >= 0.6 is 0 Å². The van der Waals surface area contributed by atoms with Gasteiger partial charge in [-0.25, -0.2) is 4.79 Å². The minimum atomic E-state index is -2.85. The summed E-state index contributed by atoms with van der Waals surface area (Å²) in [5, 5.41) is 3.13. The van der Waals surface area contributed by atoms with Gasteiger partial charge in [0.15, 0.2) is 0 Å². The molecule has 0 spiro atoms. The summed E-state index contributed by atoms with van der Waals surface area (Å²) in [4.78, 5) is 10.6. The normalized spacial score (nSPS) is 10.8. The van der Waals surface area contributed by atoms with E-state index in [1.807, 2.05) is 0 Å². The van der Waals surface area contributed by atoms with Gasteiger partial charge in [0, 0.05) is 7.05 Å². The molecule has 0 aromatic carbocycles. The van der Waals surface area contributed by atoms with Crippen LogP contribution in [0.3, 0.4) is 0 Å². The van der Waals surface area contributed by atoms with Crippen molar-refractivity contribution in [3.05, 3.63) is 16.8 Å². The monoisotopic (exact) mass is 149 g/mol. The summed E-state index contributed by atoms with van der Waals surface area (Å²) in [6.07, 6.45) is 1.04. The van der Waals surface area contributed by atoms with Crippen LogP contribution in [0.2, 0.25) is 0 Å². The maximum atomic E-state index is 11.7. The van der Waals surface area contributed by atoms with Crippen LogP contribution in [0.25, 0.3) is 0 Å². The summed E-state index contributed by atoms with van der Waals surface area (Å²) in [5.41, 5.74) is -0.810. The summed E-state index contributed by atoms with van der Waals surface area (Å²) in [6, 6.07) is 0. The first-order valence-corrected chi connectivity index (χ1v) is 2.51. The van der Waals surface area contributed by atoms with Crippen LogP contribution in [0.5, 0.6) is 0 Å². The molecule has 0 aliphatic heterocycles. The zero-order valence-corrected chi connectivity index (χ0v) is 5.16. The van der Waals surface area contributed by atoms with E-state index >= 15 is 0 Å². The van der Waals surface area contributed by atoms with E-state index in [1.165, 1.54) is 7.05 Å². The first kappa shape index (κ1) is 6.91. The van der Waals surface area contributed by atoms with E-state index in [0.29, 0.717) is 0 Å². The van der Waals surface area contributed by atoms with Crippen LogP contribution in [0.1, 0.15) is 6.55 Å². The van der Waals surface area contributed by atoms with Crippen molar-refractivity contribution in [1.82, 2.24) is 14.3 Å². The molecular formula is C4H5F2N3O. The highest BCUT2D eigenvalue weighted by Crippen LogP contribution is 2.01. The number of aryl methyl sites for hydroxylation is 1. The molecule has 0 unspecified atom stereocenters. The van der Waals surface area contributed by atoms with E-state index in [9.17, 15) is 13.6 Å². The summed E-state index contributed by atoms with van der Waals surface area (Å²) in [7, 11) is 1.36. The van der Waals surface area contributed by atoms with Crippen molar-refractivity contribution in [2.45, 2.75) is 6.55 Å². The van der Waals surface area contributed by atoms with Crippen molar-refractivity contribution in [2.75, 3.05) is 0 Å². The van der Waals surface area contributed by atoms with Gasteiger partial charge in [0.25, 0.3) is 0 Å². The summed E-state index contributed by atoms with van der Waals surface area (Å²) in [5.74, 6) is 0. The Morgan fingerprint density at radius 2 is 2.30 bits per heavy atom. The fourth-order valence-corrected chi connectivity index (χ4v) is 0.527. The molecule has 0 radical (unpaired) electrons. The molecule has 1 rings (SSSR count). The molecule has 0 fully saturated rings. The Labute approximate surface area is 54.7 Å². The molecule has 1 aromatic heterocycles. The maximum absolute atomic E-state index is 11.7. The van der Waals surface area contributed by atoms with Crippen molar-refractivity contribution in [3.8, 4) is 0 Å². The third kappa shape index (κ3) is 0.916. The molecule has 6 heteroatoms. The van der Waals surface area contributed by atoms with Gasteiger partial charge >= 0.3 is 12.2 Å². The predicted molar refractivity (Wildman–Crippen MR) is 28.7 cm³/mol. The highest BCUT2D eigenvalue weighted by Gasteiger charge is 2.10. The largest absolute Gasteiger partial charge is 0.350 e. The molecule has 0 aliphatic carbocycles. The van der Waals surface area contributed by atoms with E-state index < -0.39 is 12.2 Å². The van der Waals surface area contributed by atoms with Crippen molar-refractivity contribution in [3.63, 3.8) is 0 Å². The lowest BCUT2D eigenvalue weighted by Crippen LogP contribution is -2.23. The average Bonchev–Trinajstić information content (AvgIpc) is 2.14. The number of aromatic nitrogens is 3. The molecule has 56 valence electrons. The second kappa shape index (κ2) is 2.20. The standard InChI is InChI=1S/C4H5F2N3O/c1-8-2-7-9(3(5)6)4(8)10/h2-3H,1H3. The Morgan fingerprint density at radius 3 is 2.50 bits per heavy atom. The number of nitrogens with zero attached hydrogens (tertiary/aromatic N) is 3. The molecule has 0 bridgehead atoms. The van der Waals surface area contributed by atoms with Crippen LogP contribution in [0, 0.1) is 0 Å². The van der Waals surface area contributed by atoms with Gasteiger partial charge < -0.3 is 0 Å². The summed E-state index contributed by atoms with van der Waals surface area (Å²) >= 11 is 0. The van der Waals surface area contributed by atoms with Gasteiger partial charge in [0.2, 0.25) is 0 Å². The number of halogens is 2. The molecular weight excluding hydrogens is 144 g/mol. The molecule has 1 heterocycles. The minimum absolute atomic E-state index is 0.111. The van der Waals surface area contributed by atoms with Crippen molar-refractivity contribution >= 4 is 0 Å². The summed E-state index contributed by atoms with van der Waals surface area (Å²) in [6.45, 7) is -2.85. The van der Waals surface area contributed by atoms with Crippen molar-refractivity contribution in [2.24, 2.45) is 7.05 Å². The second-order valence-electron chi connectivity index (χ2n) is 1.75. The van der Waals surface area contributed by atoms with E-state index in [-0.39, 0.29) is 4.68 Å². The third-order valence-electron chi connectivity index (χ3n) is 1.03. The van der Waals surface area contributed by atoms with E-state index in [4.69, 9.17) is 0 Å². The number of rotatable bonds is 1. The highest BCUT2D eigenvalue weighted by molar-refractivity contribution is 4.64. The average molecular weight is 149 g/mol. The molecule has 0 saturated heterocycles. The number of alkyl halides is 2. The van der Waals surface area contributed by atoms with E-state index in [0.717, 1.165) is 10.9 Å². The SMILES string of the molecule is Cn1cnn(C(F)F)c1=O. The first-order chi connectivity index (χ1) is 4.63. The lowest BCUT2D eigenvalue weighted by Gasteiger charge is -1.92. The molecule has 4 nitrogen and oxygen atoms in total. The highest BCUT2D eigenvalue weighted by atomic mass is 19.3. The lowest BCUT2D eigenvalue weighted by molar-refractivity contribution is 0.0521.